The first-order chi connectivity index (χ1) is 16.4. The lowest BCUT2D eigenvalue weighted by atomic mass is 9.88. The molecule has 0 amide bonds. The first kappa shape index (κ1) is 29.9. The molecule has 4 rings (SSSR count). The molecule has 0 atom stereocenters. The van der Waals surface area contributed by atoms with Crippen LogP contribution in [0.2, 0.25) is 0 Å². The van der Waals surface area contributed by atoms with E-state index >= 15 is 0 Å². The van der Waals surface area contributed by atoms with Gasteiger partial charge in [0.25, 0.3) is 0 Å². The van der Waals surface area contributed by atoms with Crippen LogP contribution >= 0.6 is 0 Å². The van der Waals surface area contributed by atoms with E-state index in [1.807, 2.05) is 6.08 Å². The Morgan fingerprint density at radius 2 is 1.57 bits per heavy atom. The van der Waals surface area contributed by atoms with Crippen molar-refractivity contribution in [1.82, 2.24) is 4.57 Å². The van der Waals surface area contributed by atoms with E-state index in [1.54, 1.807) is 20.8 Å². The molecule has 0 saturated heterocycles. The lowest BCUT2D eigenvalue weighted by molar-refractivity contribution is -0.106. The number of carbonyl (C=O) groups is 1. The summed E-state index contributed by atoms with van der Waals surface area (Å²) in [4.78, 5) is 11.2. The van der Waals surface area contributed by atoms with Crippen LogP contribution in [0.15, 0.2) is 56.1 Å². The van der Waals surface area contributed by atoms with Crippen LogP contribution in [0.1, 0.15) is 50.1 Å². The topological polar surface area (TPSA) is 45.5 Å². The molecule has 1 aromatic heterocycles. The van der Waals surface area contributed by atoms with Crippen LogP contribution in [0.5, 0.6) is 0 Å². The van der Waals surface area contributed by atoms with E-state index in [9.17, 15) is 0 Å². The molecule has 2 aromatic carbocycles. The van der Waals surface area contributed by atoms with E-state index < -0.39 is 5.60 Å². The van der Waals surface area contributed by atoms with Crippen molar-refractivity contribution in [1.29, 1.82) is 0 Å². The summed E-state index contributed by atoms with van der Waals surface area (Å²) in [6.45, 7) is 25.5. The molecular weight excluding hydrogens is 432 g/mol. The molecule has 0 spiro atoms. The zero-order valence-electron chi connectivity index (χ0n) is 23.0. The summed E-state index contributed by atoms with van der Waals surface area (Å²) < 4.78 is 2.49. The van der Waals surface area contributed by atoms with Gasteiger partial charge in [0.05, 0.1) is 16.8 Å². The number of rotatable bonds is 3. The highest BCUT2D eigenvalue weighted by molar-refractivity contribution is 6.06. The fraction of sp³-hybridized carbons (Fsp3) is 0.387. The fourth-order valence-electron chi connectivity index (χ4n) is 4.36. The number of aldehydes is 1. The number of carbonyl (C=O) groups excluding carboxylic acids is 1. The normalized spacial score (nSPS) is 11.9. The second-order valence-corrected chi connectivity index (χ2v) is 9.71. The Bertz CT molecular complexity index is 1130. The van der Waals surface area contributed by atoms with Crippen molar-refractivity contribution in [2.45, 2.75) is 67.0 Å². The highest BCUT2D eigenvalue weighted by Gasteiger charge is 2.26. The number of aromatic nitrogens is 1. The Kier molecular flexibility index (Phi) is 11.2. The largest absolute Gasteiger partial charge is 0.391 e. The maximum absolute atomic E-state index is 8.81. The van der Waals surface area contributed by atoms with Crippen molar-refractivity contribution in [3.05, 3.63) is 78.5 Å². The molecule has 35 heavy (non-hydrogen) atoms. The Morgan fingerprint density at radius 3 is 2.06 bits per heavy atom. The molecular formula is C31H44N2O2. The van der Waals surface area contributed by atoms with Crippen molar-refractivity contribution < 1.29 is 9.90 Å². The third kappa shape index (κ3) is 7.43. The third-order valence-electron chi connectivity index (χ3n) is 5.64. The van der Waals surface area contributed by atoms with Crippen molar-refractivity contribution >= 4 is 22.9 Å². The maximum atomic E-state index is 8.81. The molecule has 3 aromatic rings. The average molecular weight is 477 g/mol. The molecule has 0 radical (unpaired) electrons. The van der Waals surface area contributed by atoms with Gasteiger partial charge in [0.1, 0.15) is 6.29 Å². The van der Waals surface area contributed by atoms with E-state index in [2.05, 4.69) is 87.4 Å². The van der Waals surface area contributed by atoms with Crippen molar-refractivity contribution in [3.8, 4) is 11.1 Å². The number of aliphatic hydroxyl groups is 1. The van der Waals surface area contributed by atoms with Crippen LogP contribution < -0.4 is 4.90 Å². The number of hydrogen-bond donors (Lipinski definition) is 1. The monoisotopic (exact) mass is 476 g/mol. The molecule has 0 bridgehead atoms. The summed E-state index contributed by atoms with van der Waals surface area (Å²) in [5.41, 5.74) is 10.4. The van der Waals surface area contributed by atoms with Crippen molar-refractivity contribution in [2.24, 2.45) is 0 Å². The van der Waals surface area contributed by atoms with Gasteiger partial charge in [0, 0.05) is 31.2 Å². The lowest BCUT2D eigenvalue weighted by Crippen LogP contribution is -2.29. The van der Waals surface area contributed by atoms with Gasteiger partial charge in [-0.15, -0.1) is 19.7 Å². The SMILES string of the molecule is C=C.C=CCc1c(C)c2c3c(cc(C)n3CCN2C)c1-c1ccc(C)cc1.CC(C)(C)O.CC=O. The van der Waals surface area contributed by atoms with Gasteiger partial charge in [-0.05, 0) is 83.2 Å². The number of hydrogen-bond acceptors (Lipinski definition) is 3. The van der Waals surface area contributed by atoms with E-state index in [4.69, 9.17) is 9.90 Å². The number of anilines is 1. The van der Waals surface area contributed by atoms with Crippen LogP contribution in [0.3, 0.4) is 0 Å². The highest BCUT2D eigenvalue weighted by atomic mass is 16.3. The smallest absolute Gasteiger partial charge is 0.116 e. The maximum Gasteiger partial charge on any atom is 0.116 e. The van der Waals surface area contributed by atoms with Gasteiger partial charge in [-0.3, -0.25) is 0 Å². The van der Waals surface area contributed by atoms with E-state index in [0.29, 0.717) is 0 Å². The number of aryl methyl sites for hydroxylation is 2. The van der Waals surface area contributed by atoms with Crippen LogP contribution in [-0.4, -0.2) is 35.2 Å². The molecule has 0 fully saturated rings. The van der Waals surface area contributed by atoms with Crippen LogP contribution in [0.25, 0.3) is 22.0 Å². The number of allylic oxidation sites excluding steroid dienone is 1. The molecule has 4 nitrogen and oxygen atoms in total. The minimum absolute atomic E-state index is 0.500. The van der Waals surface area contributed by atoms with Crippen molar-refractivity contribution in [3.63, 3.8) is 0 Å². The van der Waals surface area contributed by atoms with E-state index in [1.165, 1.54) is 57.0 Å². The van der Waals surface area contributed by atoms with Gasteiger partial charge in [0.2, 0.25) is 0 Å². The minimum Gasteiger partial charge on any atom is -0.391 e. The Morgan fingerprint density at radius 1 is 1.06 bits per heavy atom. The molecule has 1 N–H and O–H groups in total. The molecule has 190 valence electrons. The molecule has 4 heteroatoms. The minimum atomic E-state index is -0.500. The van der Waals surface area contributed by atoms with Gasteiger partial charge in [-0.25, -0.2) is 0 Å². The molecule has 1 aliphatic rings. The van der Waals surface area contributed by atoms with Gasteiger partial charge < -0.3 is 19.4 Å². The summed E-state index contributed by atoms with van der Waals surface area (Å²) >= 11 is 0. The zero-order chi connectivity index (χ0) is 26.9. The summed E-state index contributed by atoms with van der Waals surface area (Å²) in [7, 11) is 2.22. The standard InChI is InChI=1S/C23H26N2.C4H10O.C2H4O.C2H4/c1-6-7-19-17(4)22-23-20(14-16(3)25(23)13-12-24(22)5)21(19)18-10-8-15(2)9-11-18;1-4(2,3)5;1-2-3;1-2/h6,8-11,14H,1,7,12-13H2,2-5H3;5H,1-3H3;2H,1H3;1-2H2. The zero-order valence-corrected chi connectivity index (χ0v) is 23.0. The first-order valence-electron chi connectivity index (χ1n) is 12.1. The Hall–Kier alpha value is -3.11. The summed E-state index contributed by atoms with van der Waals surface area (Å²) in [6, 6.07) is 11.3. The summed E-state index contributed by atoms with van der Waals surface area (Å²) in [5, 5.41) is 9.90. The summed E-state index contributed by atoms with van der Waals surface area (Å²) in [5.74, 6) is 0. The lowest BCUT2D eigenvalue weighted by Gasteiger charge is -2.31. The molecule has 0 unspecified atom stereocenters. The van der Waals surface area contributed by atoms with Crippen LogP contribution in [0, 0.1) is 20.8 Å². The highest BCUT2D eigenvalue weighted by Crippen LogP contribution is 2.44. The molecule has 0 aliphatic carbocycles. The second-order valence-electron chi connectivity index (χ2n) is 9.71. The Balaban J connectivity index is 0.000000530. The third-order valence-corrected chi connectivity index (χ3v) is 5.64. The quantitative estimate of drug-likeness (QED) is 0.321. The van der Waals surface area contributed by atoms with Gasteiger partial charge >= 0.3 is 0 Å². The predicted molar refractivity (Wildman–Crippen MR) is 154 cm³/mol. The number of benzene rings is 2. The first-order valence-corrected chi connectivity index (χ1v) is 12.1. The molecule has 0 saturated carbocycles. The van der Waals surface area contributed by atoms with Crippen LogP contribution in [-0.2, 0) is 17.8 Å². The predicted octanol–water partition coefficient (Wildman–Crippen LogP) is 7.20. The average Bonchev–Trinajstić information content (AvgIpc) is 3.11. The molecule has 2 heterocycles. The van der Waals surface area contributed by atoms with E-state index in [-0.39, 0.29) is 0 Å². The second kappa shape index (κ2) is 13.1. The fourth-order valence-corrected chi connectivity index (χ4v) is 4.36. The van der Waals surface area contributed by atoms with Gasteiger partial charge in [0.15, 0.2) is 0 Å². The summed E-state index contributed by atoms with van der Waals surface area (Å²) in [6.07, 6.45) is 3.68. The van der Waals surface area contributed by atoms with Gasteiger partial charge in [-0.2, -0.15) is 0 Å². The number of nitrogens with zero attached hydrogens (tertiary/aromatic N) is 2. The van der Waals surface area contributed by atoms with Gasteiger partial charge in [-0.1, -0.05) is 35.9 Å². The van der Waals surface area contributed by atoms with Crippen LogP contribution in [0.4, 0.5) is 5.69 Å². The van der Waals surface area contributed by atoms with Crippen molar-refractivity contribution in [2.75, 3.05) is 18.5 Å². The molecule has 1 aliphatic heterocycles. The van der Waals surface area contributed by atoms with E-state index in [0.717, 1.165) is 25.8 Å². The number of likely N-dealkylation sites (N-methyl/N-ethyl adjacent to an activating group) is 1. The Labute approximate surface area is 212 Å².